The number of benzene rings is 2. The molecule has 1 aliphatic heterocycles. The van der Waals surface area contributed by atoms with Crippen molar-refractivity contribution in [3.63, 3.8) is 0 Å². The summed E-state index contributed by atoms with van der Waals surface area (Å²) in [6.45, 7) is 2.50. The third kappa shape index (κ3) is 4.67. The van der Waals surface area contributed by atoms with E-state index in [2.05, 4.69) is 10.3 Å². The Morgan fingerprint density at radius 2 is 1.90 bits per heavy atom. The van der Waals surface area contributed by atoms with E-state index in [4.69, 9.17) is 4.74 Å². The molecule has 9 heteroatoms. The zero-order valence-electron chi connectivity index (χ0n) is 16.5. The van der Waals surface area contributed by atoms with Crippen LogP contribution < -0.4 is 10.1 Å². The Balaban J connectivity index is 1.64. The van der Waals surface area contributed by atoms with Crippen LogP contribution in [0.3, 0.4) is 0 Å². The molecule has 0 saturated carbocycles. The number of thioether (sulfide) groups is 1. The summed E-state index contributed by atoms with van der Waals surface area (Å²) in [4.78, 5) is 27.7. The third-order valence-corrected chi connectivity index (χ3v) is 5.26. The first-order valence-electron chi connectivity index (χ1n) is 9.48. The monoisotopic (exact) mass is 434 g/mol. The first-order chi connectivity index (χ1) is 15.0. The molecule has 0 aliphatic carbocycles. The summed E-state index contributed by atoms with van der Waals surface area (Å²) in [5.74, 6) is 1.23. The number of nitrogens with zero attached hydrogens (tertiary/aromatic N) is 3. The van der Waals surface area contributed by atoms with Crippen LogP contribution in [0.15, 0.2) is 76.8 Å². The highest BCUT2D eigenvalue weighted by atomic mass is 32.2. The van der Waals surface area contributed by atoms with Gasteiger partial charge in [0.1, 0.15) is 11.6 Å². The van der Waals surface area contributed by atoms with Gasteiger partial charge in [0.05, 0.1) is 22.1 Å². The van der Waals surface area contributed by atoms with Gasteiger partial charge in [0.25, 0.3) is 10.9 Å². The first-order valence-corrected chi connectivity index (χ1v) is 10.3. The molecule has 8 nitrogen and oxygen atoms in total. The lowest BCUT2D eigenvalue weighted by Gasteiger charge is -2.07. The molecular formula is C22H18N4O4S. The minimum absolute atomic E-state index is 0.0294. The number of hydrogen-bond acceptors (Lipinski definition) is 6. The Labute approximate surface area is 182 Å². The van der Waals surface area contributed by atoms with Gasteiger partial charge in [-0.1, -0.05) is 0 Å². The van der Waals surface area contributed by atoms with Crippen LogP contribution in [-0.2, 0) is 0 Å². The minimum atomic E-state index is -0.432. The normalized spacial score (nSPS) is 16.0. The molecule has 1 fully saturated rings. The van der Waals surface area contributed by atoms with Gasteiger partial charge in [-0.2, -0.15) is 0 Å². The Morgan fingerprint density at radius 1 is 1.16 bits per heavy atom. The van der Waals surface area contributed by atoms with Crippen LogP contribution in [0.5, 0.6) is 5.75 Å². The molecular weight excluding hydrogens is 416 g/mol. The Kier molecular flexibility index (Phi) is 5.85. The van der Waals surface area contributed by atoms with E-state index in [1.807, 2.05) is 60.2 Å². The predicted octanol–water partition coefficient (Wildman–Crippen LogP) is 5.31. The van der Waals surface area contributed by atoms with Crippen molar-refractivity contribution in [3.05, 3.63) is 87.6 Å². The van der Waals surface area contributed by atoms with Gasteiger partial charge >= 0.3 is 0 Å². The molecule has 0 atom stereocenters. The summed E-state index contributed by atoms with van der Waals surface area (Å²) in [6.07, 6.45) is 3.71. The molecule has 4 rings (SSSR count). The van der Waals surface area contributed by atoms with Crippen LogP contribution in [0.1, 0.15) is 12.6 Å². The molecule has 1 N–H and O–H groups in total. The highest BCUT2D eigenvalue weighted by Gasteiger charge is 2.24. The second-order valence-electron chi connectivity index (χ2n) is 6.49. The minimum Gasteiger partial charge on any atom is -0.494 e. The second kappa shape index (κ2) is 8.88. The van der Waals surface area contributed by atoms with E-state index < -0.39 is 4.92 Å². The SMILES string of the molecule is CCOc1ccc(N=C2NC(=O)SC2=Cc2cccn2-c2ccc([N+](=O)[O-])cc2)cc1. The summed E-state index contributed by atoms with van der Waals surface area (Å²) in [5, 5.41) is 13.5. The van der Waals surface area contributed by atoms with E-state index in [0.29, 0.717) is 23.0 Å². The van der Waals surface area contributed by atoms with Crippen LogP contribution in [0.25, 0.3) is 11.8 Å². The fourth-order valence-corrected chi connectivity index (χ4v) is 3.76. The number of ether oxygens (including phenoxy) is 1. The molecule has 2 aromatic carbocycles. The largest absolute Gasteiger partial charge is 0.494 e. The molecule has 0 bridgehead atoms. The number of aromatic nitrogens is 1. The van der Waals surface area contributed by atoms with Gasteiger partial charge in [-0.25, -0.2) is 4.99 Å². The van der Waals surface area contributed by atoms with Gasteiger partial charge in [0.15, 0.2) is 0 Å². The van der Waals surface area contributed by atoms with Gasteiger partial charge < -0.3 is 14.6 Å². The predicted molar refractivity (Wildman–Crippen MR) is 121 cm³/mol. The Bertz CT molecular complexity index is 1180. The maximum atomic E-state index is 12.0. The smallest absolute Gasteiger partial charge is 0.289 e. The van der Waals surface area contributed by atoms with E-state index in [-0.39, 0.29) is 10.9 Å². The number of hydrogen-bond donors (Lipinski definition) is 1. The van der Waals surface area contributed by atoms with Crippen molar-refractivity contribution >= 4 is 40.3 Å². The highest BCUT2D eigenvalue weighted by Crippen LogP contribution is 2.30. The van der Waals surface area contributed by atoms with Gasteiger partial charge in [-0.05, 0) is 73.3 Å². The van der Waals surface area contributed by atoms with Gasteiger partial charge in [-0.15, -0.1) is 0 Å². The fourth-order valence-electron chi connectivity index (χ4n) is 3.04. The van der Waals surface area contributed by atoms with Crippen molar-refractivity contribution in [3.8, 4) is 11.4 Å². The van der Waals surface area contributed by atoms with E-state index in [0.717, 1.165) is 28.9 Å². The van der Waals surface area contributed by atoms with E-state index >= 15 is 0 Å². The van der Waals surface area contributed by atoms with Crippen molar-refractivity contribution in [1.82, 2.24) is 9.88 Å². The first kappa shape index (κ1) is 20.4. The topological polar surface area (TPSA) is 98.8 Å². The van der Waals surface area contributed by atoms with Crippen molar-refractivity contribution in [1.29, 1.82) is 0 Å². The summed E-state index contributed by atoms with van der Waals surface area (Å²) in [6, 6.07) is 17.3. The molecule has 3 aromatic rings. The number of rotatable bonds is 6. The standard InChI is InChI=1S/C22H18N4O4S/c1-2-30-19-11-5-15(6-12-19)23-21-20(31-22(27)24-21)14-18-4-3-13-25(18)16-7-9-17(10-8-16)26(28)29/h3-14H,2H2,1H3,(H,23,24,27). The van der Waals surface area contributed by atoms with E-state index in [1.54, 1.807) is 12.1 Å². The maximum absolute atomic E-state index is 12.0. The molecule has 1 aromatic heterocycles. The zero-order chi connectivity index (χ0) is 21.8. The number of nitro groups is 1. The van der Waals surface area contributed by atoms with Gasteiger partial charge in [0.2, 0.25) is 0 Å². The lowest BCUT2D eigenvalue weighted by molar-refractivity contribution is -0.384. The average molecular weight is 434 g/mol. The zero-order valence-corrected chi connectivity index (χ0v) is 17.3. The van der Waals surface area contributed by atoms with Crippen molar-refractivity contribution in [2.45, 2.75) is 6.92 Å². The molecule has 2 heterocycles. The molecule has 1 saturated heterocycles. The summed E-state index contributed by atoms with van der Waals surface area (Å²) < 4.78 is 7.32. The van der Waals surface area contributed by atoms with Gasteiger partial charge in [-0.3, -0.25) is 14.9 Å². The second-order valence-corrected chi connectivity index (χ2v) is 7.50. The molecule has 0 unspecified atom stereocenters. The summed E-state index contributed by atoms with van der Waals surface area (Å²) >= 11 is 1.07. The highest BCUT2D eigenvalue weighted by molar-refractivity contribution is 8.18. The van der Waals surface area contributed by atoms with Crippen LogP contribution in [0.2, 0.25) is 0 Å². The number of nitro benzene ring substituents is 1. The number of carbonyl (C=O) groups is 1. The van der Waals surface area contributed by atoms with Gasteiger partial charge in [0, 0.05) is 29.7 Å². The lowest BCUT2D eigenvalue weighted by atomic mass is 10.2. The number of nitrogens with one attached hydrogen (secondary N) is 1. The molecule has 1 aliphatic rings. The summed E-state index contributed by atoms with van der Waals surface area (Å²) in [5.41, 5.74) is 2.31. The third-order valence-electron chi connectivity index (χ3n) is 4.44. The van der Waals surface area contributed by atoms with E-state index in [1.165, 1.54) is 12.1 Å². The Morgan fingerprint density at radius 3 is 2.58 bits per heavy atom. The maximum Gasteiger partial charge on any atom is 0.289 e. The number of amidine groups is 1. The summed E-state index contributed by atoms with van der Waals surface area (Å²) in [7, 11) is 0. The van der Waals surface area contributed by atoms with Crippen LogP contribution in [-0.4, -0.2) is 27.2 Å². The van der Waals surface area contributed by atoms with Crippen LogP contribution in [0, 0.1) is 10.1 Å². The fraction of sp³-hybridized carbons (Fsp3) is 0.0909. The molecule has 0 spiro atoms. The van der Waals surface area contributed by atoms with Crippen LogP contribution in [0.4, 0.5) is 16.2 Å². The number of amides is 1. The van der Waals surface area contributed by atoms with E-state index in [9.17, 15) is 14.9 Å². The lowest BCUT2D eigenvalue weighted by Crippen LogP contribution is -2.18. The Hall–Kier alpha value is -3.85. The van der Waals surface area contributed by atoms with Crippen molar-refractivity contribution in [2.75, 3.05) is 6.61 Å². The van der Waals surface area contributed by atoms with Crippen LogP contribution >= 0.6 is 11.8 Å². The average Bonchev–Trinajstić information content (AvgIpc) is 3.36. The molecule has 156 valence electrons. The number of carbonyl (C=O) groups excluding carboxylic acids is 1. The number of aliphatic imine (C=N–C) groups is 1. The molecule has 1 amide bonds. The number of non-ortho nitro benzene ring substituents is 1. The van der Waals surface area contributed by atoms with Crippen molar-refractivity contribution in [2.24, 2.45) is 4.99 Å². The van der Waals surface area contributed by atoms with Crippen molar-refractivity contribution < 1.29 is 14.5 Å². The quantitative estimate of drug-likeness (QED) is 0.419. The molecule has 31 heavy (non-hydrogen) atoms. The molecule has 0 radical (unpaired) electrons.